The van der Waals surface area contributed by atoms with E-state index < -0.39 is 10.2 Å². The Morgan fingerprint density at radius 1 is 1.00 bits per heavy atom. The summed E-state index contributed by atoms with van der Waals surface area (Å²) in [7, 11) is -3.39. The number of ether oxygens (including phenoxy) is 1. The van der Waals surface area contributed by atoms with E-state index >= 15 is 0 Å². The van der Waals surface area contributed by atoms with Crippen LogP contribution in [-0.2, 0) is 21.5 Å². The van der Waals surface area contributed by atoms with E-state index in [1.54, 1.807) is 4.31 Å². The van der Waals surface area contributed by atoms with Crippen LogP contribution >= 0.6 is 0 Å². The summed E-state index contributed by atoms with van der Waals surface area (Å²) in [5.74, 6) is 0. The summed E-state index contributed by atoms with van der Waals surface area (Å²) in [5.41, 5.74) is 2.10. The standard InChI is InChI=1S/C16H25N3O3S/c20-23(21,19-8-4-1-5-9-19)17-14-15-6-2-3-7-16(15)18-10-12-22-13-11-18/h2-3,6-7,17H,1,4-5,8-14H2. The Bertz CT molecular complexity index is 609. The normalized spacial score (nSPS) is 20.6. The van der Waals surface area contributed by atoms with Gasteiger partial charge >= 0.3 is 0 Å². The van der Waals surface area contributed by atoms with Crippen LogP contribution in [0, 0.1) is 0 Å². The smallest absolute Gasteiger partial charge is 0.279 e. The molecule has 0 bridgehead atoms. The van der Waals surface area contributed by atoms with Gasteiger partial charge in [0.2, 0.25) is 0 Å². The van der Waals surface area contributed by atoms with Crippen molar-refractivity contribution >= 4 is 15.9 Å². The van der Waals surface area contributed by atoms with Crippen LogP contribution in [-0.4, -0.2) is 52.1 Å². The summed E-state index contributed by atoms with van der Waals surface area (Å²) in [4.78, 5) is 2.26. The maximum atomic E-state index is 12.4. The van der Waals surface area contributed by atoms with E-state index in [4.69, 9.17) is 4.74 Å². The molecule has 0 radical (unpaired) electrons. The summed E-state index contributed by atoms with van der Waals surface area (Å²) in [6, 6.07) is 7.99. The minimum Gasteiger partial charge on any atom is -0.378 e. The van der Waals surface area contributed by atoms with Crippen molar-refractivity contribution in [3.63, 3.8) is 0 Å². The lowest BCUT2D eigenvalue weighted by Gasteiger charge is -2.31. The van der Waals surface area contributed by atoms with Crippen LogP contribution in [0.3, 0.4) is 0 Å². The lowest BCUT2D eigenvalue weighted by molar-refractivity contribution is 0.122. The van der Waals surface area contributed by atoms with Crippen LogP contribution < -0.4 is 9.62 Å². The molecule has 0 unspecified atom stereocenters. The third-order valence-electron chi connectivity index (χ3n) is 4.44. The van der Waals surface area contributed by atoms with Gasteiger partial charge in [0, 0.05) is 38.4 Å². The van der Waals surface area contributed by atoms with Crippen molar-refractivity contribution in [3.8, 4) is 0 Å². The van der Waals surface area contributed by atoms with E-state index in [9.17, 15) is 8.42 Å². The second-order valence-electron chi connectivity index (χ2n) is 6.01. The lowest BCUT2D eigenvalue weighted by atomic mass is 10.1. The molecule has 23 heavy (non-hydrogen) atoms. The van der Waals surface area contributed by atoms with E-state index in [1.165, 1.54) is 0 Å². The van der Waals surface area contributed by atoms with Crippen molar-refractivity contribution in [1.29, 1.82) is 0 Å². The second-order valence-corrected chi connectivity index (χ2v) is 7.77. The number of rotatable bonds is 5. The Morgan fingerprint density at radius 2 is 1.70 bits per heavy atom. The number of nitrogens with zero attached hydrogens (tertiary/aromatic N) is 2. The van der Waals surface area contributed by atoms with E-state index in [0.29, 0.717) is 32.8 Å². The predicted octanol–water partition coefficient (Wildman–Crippen LogP) is 1.34. The highest BCUT2D eigenvalue weighted by Crippen LogP contribution is 2.22. The zero-order valence-electron chi connectivity index (χ0n) is 13.4. The highest BCUT2D eigenvalue weighted by molar-refractivity contribution is 7.87. The van der Waals surface area contributed by atoms with Gasteiger partial charge in [0.05, 0.1) is 13.2 Å². The van der Waals surface area contributed by atoms with Gasteiger partial charge in [-0.3, -0.25) is 0 Å². The largest absolute Gasteiger partial charge is 0.378 e. The fourth-order valence-electron chi connectivity index (χ4n) is 3.14. The van der Waals surface area contributed by atoms with Crippen LogP contribution in [0.25, 0.3) is 0 Å². The zero-order chi connectivity index (χ0) is 16.1. The van der Waals surface area contributed by atoms with Crippen molar-refractivity contribution in [3.05, 3.63) is 29.8 Å². The van der Waals surface area contributed by atoms with Crippen LogP contribution in [0.4, 0.5) is 5.69 Å². The molecule has 128 valence electrons. The number of hydrogen-bond acceptors (Lipinski definition) is 4. The van der Waals surface area contributed by atoms with Crippen molar-refractivity contribution < 1.29 is 13.2 Å². The Kier molecular flexibility index (Phi) is 5.53. The maximum absolute atomic E-state index is 12.4. The predicted molar refractivity (Wildman–Crippen MR) is 90.7 cm³/mol. The zero-order valence-corrected chi connectivity index (χ0v) is 14.2. The minimum absolute atomic E-state index is 0.326. The van der Waals surface area contributed by atoms with Crippen molar-refractivity contribution in [2.24, 2.45) is 0 Å². The highest BCUT2D eigenvalue weighted by Gasteiger charge is 2.24. The number of para-hydroxylation sites is 1. The SMILES string of the molecule is O=S(=O)(NCc1ccccc1N1CCOCC1)N1CCCCC1. The summed E-state index contributed by atoms with van der Waals surface area (Å²) in [6.45, 7) is 4.70. The van der Waals surface area contributed by atoms with Gasteiger partial charge < -0.3 is 9.64 Å². The van der Waals surface area contributed by atoms with Crippen molar-refractivity contribution in [2.45, 2.75) is 25.8 Å². The van der Waals surface area contributed by atoms with Gasteiger partial charge in [-0.1, -0.05) is 24.6 Å². The van der Waals surface area contributed by atoms with Gasteiger partial charge in [-0.15, -0.1) is 0 Å². The number of piperidine rings is 1. The first-order valence-electron chi connectivity index (χ1n) is 8.32. The molecule has 0 aromatic heterocycles. The molecule has 6 nitrogen and oxygen atoms in total. The molecule has 1 aromatic carbocycles. The van der Waals surface area contributed by atoms with E-state index in [1.807, 2.05) is 18.2 Å². The van der Waals surface area contributed by atoms with Gasteiger partial charge in [-0.05, 0) is 24.5 Å². The Balaban J connectivity index is 1.68. The molecule has 3 rings (SSSR count). The van der Waals surface area contributed by atoms with Crippen LogP contribution in [0.15, 0.2) is 24.3 Å². The van der Waals surface area contributed by atoms with Crippen LogP contribution in [0.2, 0.25) is 0 Å². The van der Waals surface area contributed by atoms with E-state index in [-0.39, 0.29) is 0 Å². The number of anilines is 1. The number of hydrogen-bond donors (Lipinski definition) is 1. The van der Waals surface area contributed by atoms with Crippen molar-refractivity contribution in [1.82, 2.24) is 9.03 Å². The van der Waals surface area contributed by atoms with Gasteiger partial charge in [-0.2, -0.15) is 17.4 Å². The average molecular weight is 339 g/mol. The number of benzene rings is 1. The Morgan fingerprint density at radius 3 is 2.43 bits per heavy atom. The molecular formula is C16H25N3O3S. The molecule has 2 saturated heterocycles. The lowest BCUT2D eigenvalue weighted by Crippen LogP contribution is -2.43. The van der Waals surface area contributed by atoms with Gasteiger partial charge in [0.15, 0.2) is 0 Å². The third-order valence-corrected chi connectivity index (χ3v) is 6.00. The molecule has 0 amide bonds. The summed E-state index contributed by atoms with van der Waals surface area (Å²) in [6.07, 6.45) is 3.02. The quantitative estimate of drug-likeness (QED) is 0.879. The molecule has 1 aromatic rings. The first-order chi connectivity index (χ1) is 11.2. The molecule has 2 aliphatic heterocycles. The first-order valence-corrected chi connectivity index (χ1v) is 9.76. The molecule has 1 N–H and O–H groups in total. The van der Waals surface area contributed by atoms with Gasteiger partial charge in [-0.25, -0.2) is 0 Å². The molecule has 7 heteroatoms. The minimum atomic E-state index is -3.39. The summed E-state index contributed by atoms with van der Waals surface area (Å²) >= 11 is 0. The molecule has 0 aliphatic carbocycles. The molecule has 2 heterocycles. The monoisotopic (exact) mass is 339 g/mol. The van der Waals surface area contributed by atoms with Crippen LogP contribution in [0.1, 0.15) is 24.8 Å². The van der Waals surface area contributed by atoms with Gasteiger partial charge in [0.1, 0.15) is 0 Å². The summed E-state index contributed by atoms with van der Waals surface area (Å²) < 4.78 is 34.6. The average Bonchev–Trinajstić information content (AvgIpc) is 2.62. The molecule has 2 aliphatic rings. The molecule has 2 fully saturated rings. The van der Waals surface area contributed by atoms with Crippen molar-refractivity contribution in [2.75, 3.05) is 44.3 Å². The van der Waals surface area contributed by atoms with Gasteiger partial charge in [0.25, 0.3) is 10.2 Å². The van der Waals surface area contributed by atoms with E-state index in [0.717, 1.165) is 43.6 Å². The topological polar surface area (TPSA) is 61.9 Å². The molecule has 0 atom stereocenters. The Labute approximate surface area is 138 Å². The fraction of sp³-hybridized carbons (Fsp3) is 0.625. The number of morpholine rings is 1. The fourth-order valence-corrected chi connectivity index (χ4v) is 4.40. The Hall–Kier alpha value is -1.15. The number of nitrogens with one attached hydrogen (secondary N) is 1. The molecule has 0 spiro atoms. The highest BCUT2D eigenvalue weighted by atomic mass is 32.2. The molecule has 0 saturated carbocycles. The maximum Gasteiger partial charge on any atom is 0.279 e. The second kappa shape index (κ2) is 7.61. The van der Waals surface area contributed by atoms with E-state index in [2.05, 4.69) is 15.7 Å². The van der Waals surface area contributed by atoms with Crippen LogP contribution in [0.5, 0.6) is 0 Å². The third kappa shape index (κ3) is 4.23. The molecular weight excluding hydrogens is 314 g/mol. The summed E-state index contributed by atoms with van der Waals surface area (Å²) in [5, 5.41) is 0. The first kappa shape index (κ1) is 16.7.